The van der Waals surface area contributed by atoms with Crippen molar-refractivity contribution in [1.29, 1.82) is 0 Å². The first-order valence-corrected chi connectivity index (χ1v) is 7.71. The van der Waals surface area contributed by atoms with Crippen LogP contribution in [0.15, 0.2) is 16.6 Å². The van der Waals surface area contributed by atoms with E-state index in [2.05, 4.69) is 21.2 Å². The van der Waals surface area contributed by atoms with Crippen LogP contribution in [0.2, 0.25) is 0 Å². The van der Waals surface area contributed by atoms with Crippen LogP contribution >= 0.6 is 15.9 Å². The zero-order chi connectivity index (χ0) is 13.9. The van der Waals surface area contributed by atoms with Gasteiger partial charge in [0.1, 0.15) is 5.82 Å². The lowest BCUT2D eigenvalue weighted by atomic mass is 9.94. The highest BCUT2D eigenvalue weighted by molar-refractivity contribution is 9.10. The average Bonchev–Trinajstić information content (AvgIpc) is 2.58. The number of aryl methyl sites for hydroxylation is 1. The molecule has 1 aromatic rings. The summed E-state index contributed by atoms with van der Waals surface area (Å²) in [4.78, 5) is 0. The van der Waals surface area contributed by atoms with E-state index in [0.29, 0.717) is 11.0 Å². The summed E-state index contributed by atoms with van der Waals surface area (Å²) < 4.78 is 13.8. The number of hydrogen-bond donors (Lipinski definition) is 2. The van der Waals surface area contributed by atoms with Gasteiger partial charge in [-0.05, 0) is 53.4 Å². The predicted molar refractivity (Wildman–Crippen MR) is 80.0 cm³/mol. The first kappa shape index (κ1) is 14.8. The van der Waals surface area contributed by atoms with Crippen LogP contribution in [0.3, 0.4) is 0 Å². The van der Waals surface area contributed by atoms with Crippen LogP contribution in [-0.4, -0.2) is 17.3 Å². The van der Waals surface area contributed by atoms with Crippen LogP contribution in [0.25, 0.3) is 0 Å². The standard InChI is InChI=1S/C15H21BrFNO/c1-11-8-13(17)12(16)9-14(11)18-10-15(19)6-4-2-3-5-7-15/h8-9,18-19H,2-7,10H2,1H3. The van der Waals surface area contributed by atoms with Gasteiger partial charge in [-0.3, -0.25) is 0 Å². The van der Waals surface area contributed by atoms with Gasteiger partial charge in [0.05, 0.1) is 10.1 Å². The summed E-state index contributed by atoms with van der Waals surface area (Å²) in [6.07, 6.45) is 6.30. The summed E-state index contributed by atoms with van der Waals surface area (Å²) in [7, 11) is 0. The smallest absolute Gasteiger partial charge is 0.137 e. The third-order valence-electron chi connectivity index (χ3n) is 3.91. The highest BCUT2D eigenvalue weighted by Crippen LogP contribution is 2.29. The predicted octanol–water partition coefficient (Wildman–Crippen LogP) is 4.39. The molecule has 0 heterocycles. The molecule has 1 aliphatic rings. The number of nitrogens with one attached hydrogen (secondary N) is 1. The fourth-order valence-corrected chi connectivity index (χ4v) is 3.00. The van der Waals surface area contributed by atoms with Gasteiger partial charge in [-0.15, -0.1) is 0 Å². The van der Waals surface area contributed by atoms with Crippen molar-refractivity contribution in [3.63, 3.8) is 0 Å². The Hall–Kier alpha value is -0.610. The Morgan fingerprint density at radius 1 is 1.26 bits per heavy atom. The van der Waals surface area contributed by atoms with E-state index in [4.69, 9.17) is 0 Å². The van der Waals surface area contributed by atoms with E-state index in [-0.39, 0.29) is 5.82 Å². The van der Waals surface area contributed by atoms with Crippen LogP contribution in [-0.2, 0) is 0 Å². The van der Waals surface area contributed by atoms with Crippen molar-refractivity contribution >= 4 is 21.6 Å². The van der Waals surface area contributed by atoms with Crippen LogP contribution < -0.4 is 5.32 Å². The van der Waals surface area contributed by atoms with Crippen LogP contribution in [0, 0.1) is 12.7 Å². The van der Waals surface area contributed by atoms with Gasteiger partial charge in [0, 0.05) is 12.2 Å². The summed E-state index contributed by atoms with van der Waals surface area (Å²) in [6, 6.07) is 3.24. The van der Waals surface area contributed by atoms with Crippen molar-refractivity contribution in [2.75, 3.05) is 11.9 Å². The number of benzene rings is 1. The van der Waals surface area contributed by atoms with Crippen LogP contribution in [0.4, 0.5) is 10.1 Å². The van der Waals surface area contributed by atoms with E-state index in [9.17, 15) is 9.50 Å². The van der Waals surface area contributed by atoms with Crippen molar-refractivity contribution in [2.24, 2.45) is 0 Å². The van der Waals surface area contributed by atoms with Gasteiger partial charge in [-0.1, -0.05) is 25.7 Å². The Morgan fingerprint density at radius 2 is 1.89 bits per heavy atom. The minimum atomic E-state index is -0.621. The van der Waals surface area contributed by atoms with Gasteiger partial charge in [0.15, 0.2) is 0 Å². The van der Waals surface area contributed by atoms with E-state index in [1.54, 1.807) is 6.07 Å². The maximum Gasteiger partial charge on any atom is 0.137 e. The highest BCUT2D eigenvalue weighted by Gasteiger charge is 2.27. The van der Waals surface area contributed by atoms with Gasteiger partial charge >= 0.3 is 0 Å². The summed E-state index contributed by atoms with van der Waals surface area (Å²) in [5.74, 6) is -0.253. The molecule has 0 atom stereocenters. The van der Waals surface area contributed by atoms with Crippen molar-refractivity contribution in [3.05, 3.63) is 28.0 Å². The summed E-state index contributed by atoms with van der Waals surface area (Å²) in [6.45, 7) is 2.40. The highest BCUT2D eigenvalue weighted by atomic mass is 79.9. The average molecular weight is 330 g/mol. The van der Waals surface area contributed by atoms with Gasteiger partial charge in [-0.25, -0.2) is 4.39 Å². The molecule has 1 fully saturated rings. The second kappa shape index (κ2) is 6.23. The molecule has 4 heteroatoms. The number of rotatable bonds is 3. The zero-order valence-corrected chi connectivity index (χ0v) is 12.9. The van der Waals surface area contributed by atoms with Crippen molar-refractivity contribution < 1.29 is 9.50 Å². The second-order valence-electron chi connectivity index (χ2n) is 5.57. The zero-order valence-electron chi connectivity index (χ0n) is 11.3. The first-order chi connectivity index (χ1) is 9.00. The Bertz CT molecular complexity index is 442. The molecule has 0 saturated heterocycles. The molecule has 0 unspecified atom stereocenters. The van der Waals surface area contributed by atoms with E-state index < -0.39 is 5.60 Å². The lowest BCUT2D eigenvalue weighted by molar-refractivity contribution is 0.0381. The monoisotopic (exact) mass is 329 g/mol. The fraction of sp³-hybridized carbons (Fsp3) is 0.600. The Kier molecular flexibility index (Phi) is 4.85. The molecular formula is C15H21BrFNO. The van der Waals surface area contributed by atoms with Crippen LogP contribution in [0.1, 0.15) is 44.1 Å². The van der Waals surface area contributed by atoms with Gasteiger partial charge in [0.2, 0.25) is 0 Å². The molecular weight excluding hydrogens is 309 g/mol. The second-order valence-corrected chi connectivity index (χ2v) is 6.43. The molecule has 2 rings (SSSR count). The first-order valence-electron chi connectivity index (χ1n) is 6.92. The Morgan fingerprint density at radius 3 is 2.53 bits per heavy atom. The molecule has 0 aromatic heterocycles. The SMILES string of the molecule is Cc1cc(F)c(Br)cc1NCC1(O)CCCCCC1. The largest absolute Gasteiger partial charge is 0.388 e. The Balaban J connectivity index is 2.03. The molecule has 0 aliphatic heterocycles. The fourth-order valence-electron chi connectivity index (χ4n) is 2.66. The maximum atomic E-state index is 13.4. The van der Waals surface area contributed by atoms with Crippen molar-refractivity contribution in [1.82, 2.24) is 0 Å². The molecule has 2 N–H and O–H groups in total. The number of aliphatic hydroxyl groups is 1. The third kappa shape index (κ3) is 3.93. The summed E-state index contributed by atoms with van der Waals surface area (Å²) >= 11 is 3.19. The summed E-state index contributed by atoms with van der Waals surface area (Å²) in [5, 5.41) is 13.9. The van der Waals surface area contributed by atoms with E-state index in [1.807, 2.05) is 6.92 Å². The molecule has 0 amide bonds. The van der Waals surface area contributed by atoms with Crippen molar-refractivity contribution in [3.8, 4) is 0 Å². The molecule has 0 radical (unpaired) electrons. The molecule has 1 aromatic carbocycles. The topological polar surface area (TPSA) is 32.3 Å². The van der Waals surface area contributed by atoms with Gasteiger partial charge in [-0.2, -0.15) is 0 Å². The minimum Gasteiger partial charge on any atom is -0.388 e. The number of halogens is 2. The molecule has 1 saturated carbocycles. The molecule has 106 valence electrons. The quantitative estimate of drug-likeness (QED) is 0.806. The van der Waals surface area contributed by atoms with Gasteiger partial charge < -0.3 is 10.4 Å². The van der Waals surface area contributed by atoms with E-state index in [0.717, 1.165) is 36.9 Å². The molecule has 1 aliphatic carbocycles. The van der Waals surface area contributed by atoms with Crippen LogP contribution in [0.5, 0.6) is 0 Å². The number of hydrogen-bond acceptors (Lipinski definition) is 2. The lowest BCUT2D eigenvalue weighted by Gasteiger charge is -2.27. The van der Waals surface area contributed by atoms with Gasteiger partial charge in [0.25, 0.3) is 0 Å². The molecule has 0 bridgehead atoms. The molecule has 19 heavy (non-hydrogen) atoms. The normalized spacial score (nSPS) is 18.9. The van der Waals surface area contributed by atoms with E-state index >= 15 is 0 Å². The molecule has 0 spiro atoms. The number of anilines is 1. The minimum absolute atomic E-state index is 0.253. The Labute approximate surface area is 122 Å². The lowest BCUT2D eigenvalue weighted by Crippen LogP contribution is -2.36. The van der Waals surface area contributed by atoms with Crippen molar-refractivity contribution in [2.45, 2.75) is 51.0 Å². The maximum absolute atomic E-state index is 13.4. The molecule has 2 nitrogen and oxygen atoms in total. The van der Waals surface area contributed by atoms with E-state index in [1.165, 1.54) is 18.9 Å². The summed E-state index contributed by atoms with van der Waals surface area (Å²) in [5.41, 5.74) is 1.12. The third-order valence-corrected chi connectivity index (χ3v) is 4.52.